The van der Waals surface area contributed by atoms with E-state index >= 15 is 0 Å². The quantitative estimate of drug-likeness (QED) is 0.451. The van der Waals surface area contributed by atoms with Crippen LogP contribution in [0, 0.1) is 16.0 Å². The van der Waals surface area contributed by atoms with Gasteiger partial charge >= 0.3 is 5.97 Å². The number of nitrogens with zero attached hydrogens (tertiary/aromatic N) is 2. The van der Waals surface area contributed by atoms with E-state index in [2.05, 4.69) is 4.84 Å². The number of likely N-dealkylation sites (tertiary alicyclic amines) is 1. The van der Waals surface area contributed by atoms with Gasteiger partial charge in [0, 0.05) is 12.8 Å². The van der Waals surface area contributed by atoms with Crippen LogP contribution in [0.4, 0.5) is 0 Å². The molecule has 0 aromatic rings. The van der Waals surface area contributed by atoms with Crippen LogP contribution in [0.15, 0.2) is 0 Å². The van der Waals surface area contributed by atoms with Gasteiger partial charge in [0.05, 0.1) is 26.1 Å². The predicted octanol–water partition coefficient (Wildman–Crippen LogP) is 0.914. The smallest absolute Gasteiger partial charge is 0.306 e. The molecular formula is C11H21N2O5+. The summed E-state index contributed by atoms with van der Waals surface area (Å²) < 4.78 is 0.602. The zero-order valence-electron chi connectivity index (χ0n) is 11.1. The molecule has 104 valence electrons. The summed E-state index contributed by atoms with van der Waals surface area (Å²) in [5, 5.41) is 18.5. The fraction of sp³-hybridized carbons (Fsp3) is 0.909. The molecule has 1 saturated heterocycles. The van der Waals surface area contributed by atoms with Crippen molar-refractivity contribution in [3.8, 4) is 0 Å². The molecule has 0 bridgehead atoms. The highest BCUT2D eigenvalue weighted by molar-refractivity contribution is 5.69. The maximum atomic E-state index is 10.9. The topological polar surface area (TPSA) is 89.7 Å². The second kappa shape index (κ2) is 5.09. The fourth-order valence-corrected chi connectivity index (χ4v) is 2.36. The minimum atomic E-state index is -0.780. The zero-order valence-corrected chi connectivity index (χ0v) is 11.1. The van der Waals surface area contributed by atoms with E-state index in [1.807, 2.05) is 20.9 Å². The third kappa shape index (κ3) is 3.10. The molecule has 7 heteroatoms. The maximum absolute atomic E-state index is 10.9. The summed E-state index contributed by atoms with van der Waals surface area (Å²) in [6.45, 7) is 5.25. The third-order valence-electron chi connectivity index (χ3n) is 4.28. The first-order chi connectivity index (χ1) is 8.18. The van der Waals surface area contributed by atoms with Crippen molar-refractivity contribution in [1.29, 1.82) is 0 Å². The first-order valence-electron chi connectivity index (χ1n) is 6.03. The van der Waals surface area contributed by atoms with E-state index in [4.69, 9.17) is 5.11 Å². The molecule has 0 aromatic heterocycles. The molecule has 7 nitrogen and oxygen atoms in total. The Kier molecular flexibility index (Phi) is 4.16. The second-order valence-electron chi connectivity index (χ2n) is 5.77. The van der Waals surface area contributed by atoms with Gasteiger partial charge in [0.2, 0.25) is 0 Å². The van der Waals surface area contributed by atoms with E-state index in [1.165, 1.54) is 0 Å². The Morgan fingerprint density at radius 1 is 1.50 bits per heavy atom. The van der Waals surface area contributed by atoms with E-state index in [0.717, 1.165) is 0 Å². The molecule has 0 aromatic carbocycles. The SMILES string of the molecule is CC(C)(CO[N+](=O)[O-])[N+]1(C)CCC(C(=O)O)CC1. The minimum absolute atomic E-state index is 0.0221. The number of hydrogen-bond acceptors (Lipinski definition) is 4. The van der Waals surface area contributed by atoms with E-state index < -0.39 is 16.6 Å². The van der Waals surface area contributed by atoms with Gasteiger partial charge in [-0.05, 0) is 13.8 Å². The third-order valence-corrected chi connectivity index (χ3v) is 4.28. The van der Waals surface area contributed by atoms with Gasteiger partial charge in [-0.3, -0.25) is 4.79 Å². The standard InChI is InChI=1S/C11H20N2O5/c1-11(2,8-18-12(16)17)13(3)6-4-9(5-7-13)10(14)15/h9H,4-8H2,1-3H3/p+1. The van der Waals surface area contributed by atoms with E-state index in [9.17, 15) is 14.9 Å². The summed E-state index contributed by atoms with van der Waals surface area (Å²) in [4.78, 5) is 25.7. The number of hydrogen-bond donors (Lipinski definition) is 1. The van der Waals surface area contributed by atoms with Gasteiger partial charge in [0.1, 0.15) is 5.54 Å². The molecule has 1 aliphatic rings. The maximum Gasteiger partial charge on any atom is 0.306 e. The lowest BCUT2D eigenvalue weighted by molar-refractivity contribution is -0.966. The molecule has 18 heavy (non-hydrogen) atoms. The average molecular weight is 261 g/mol. The molecule has 0 aliphatic carbocycles. The van der Waals surface area contributed by atoms with Gasteiger partial charge in [-0.2, -0.15) is 0 Å². The number of likely N-dealkylation sites (N-methyl/N-ethyl adjacent to an activating group) is 1. The Bertz CT molecular complexity index is 334. The number of aliphatic carboxylic acids is 1. The molecule has 1 N–H and O–H groups in total. The van der Waals surface area contributed by atoms with Crippen molar-refractivity contribution < 1.29 is 24.3 Å². The zero-order chi connectivity index (χ0) is 14.0. The van der Waals surface area contributed by atoms with Crippen molar-refractivity contribution in [2.75, 3.05) is 26.7 Å². The monoisotopic (exact) mass is 261 g/mol. The predicted molar refractivity (Wildman–Crippen MR) is 63.3 cm³/mol. The highest BCUT2D eigenvalue weighted by Gasteiger charge is 2.44. The second-order valence-corrected chi connectivity index (χ2v) is 5.77. The summed E-state index contributed by atoms with van der Waals surface area (Å²) in [6.07, 6.45) is 1.21. The molecule has 1 fully saturated rings. The molecule has 1 aliphatic heterocycles. The minimum Gasteiger partial charge on any atom is -0.481 e. The lowest BCUT2D eigenvalue weighted by Gasteiger charge is -2.50. The lowest BCUT2D eigenvalue weighted by atomic mass is 9.90. The van der Waals surface area contributed by atoms with Crippen LogP contribution in [0.25, 0.3) is 0 Å². The van der Waals surface area contributed by atoms with Crippen LogP contribution in [-0.2, 0) is 9.63 Å². The summed E-state index contributed by atoms with van der Waals surface area (Å²) >= 11 is 0. The number of carboxylic acids is 1. The molecule has 0 radical (unpaired) electrons. The summed E-state index contributed by atoms with van der Waals surface area (Å²) in [6, 6.07) is 0. The molecule has 1 heterocycles. The highest BCUT2D eigenvalue weighted by atomic mass is 16.9. The Morgan fingerprint density at radius 3 is 2.39 bits per heavy atom. The van der Waals surface area contributed by atoms with Crippen molar-refractivity contribution in [2.24, 2.45) is 5.92 Å². The van der Waals surface area contributed by atoms with Crippen LogP contribution in [0.3, 0.4) is 0 Å². The fourth-order valence-electron chi connectivity index (χ4n) is 2.36. The summed E-state index contributed by atoms with van der Waals surface area (Å²) in [5.74, 6) is -1.04. The Balaban J connectivity index is 2.64. The van der Waals surface area contributed by atoms with Gasteiger partial charge < -0.3 is 14.4 Å². The number of carboxylic acid groups (broad SMARTS) is 1. The van der Waals surface area contributed by atoms with Crippen LogP contribution in [0.5, 0.6) is 0 Å². The largest absolute Gasteiger partial charge is 0.481 e. The van der Waals surface area contributed by atoms with Crippen LogP contribution in [0.2, 0.25) is 0 Å². The highest BCUT2D eigenvalue weighted by Crippen LogP contribution is 2.31. The van der Waals surface area contributed by atoms with E-state index in [0.29, 0.717) is 30.4 Å². The normalized spacial score (nSPS) is 28.7. The van der Waals surface area contributed by atoms with Gasteiger partial charge in [0.25, 0.3) is 5.09 Å². The Morgan fingerprint density at radius 2 is 2.00 bits per heavy atom. The molecule has 0 atom stereocenters. The molecular weight excluding hydrogens is 240 g/mol. The number of rotatable bonds is 5. The first kappa shape index (κ1) is 14.7. The molecule has 0 spiro atoms. The van der Waals surface area contributed by atoms with Crippen LogP contribution in [0.1, 0.15) is 26.7 Å². The van der Waals surface area contributed by atoms with Crippen molar-refractivity contribution in [2.45, 2.75) is 32.2 Å². The number of quaternary nitrogens is 1. The van der Waals surface area contributed by atoms with Crippen molar-refractivity contribution >= 4 is 5.97 Å². The van der Waals surface area contributed by atoms with Gasteiger partial charge in [0.15, 0.2) is 6.61 Å². The average Bonchev–Trinajstić information content (AvgIpc) is 2.27. The molecule has 0 saturated carbocycles. The van der Waals surface area contributed by atoms with Gasteiger partial charge in [-0.15, -0.1) is 10.1 Å². The van der Waals surface area contributed by atoms with Crippen molar-refractivity contribution in [3.05, 3.63) is 10.1 Å². The van der Waals surface area contributed by atoms with Gasteiger partial charge in [-0.1, -0.05) is 0 Å². The van der Waals surface area contributed by atoms with Crippen LogP contribution >= 0.6 is 0 Å². The molecule has 0 unspecified atom stereocenters. The van der Waals surface area contributed by atoms with Gasteiger partial charge in [-0.25, -0.2) is 0 Å². The lowest BCUT2D eigenvalue weighted by Crippen LogP contribution is -2.64. The summed E-state index contributed by atoms with van der Waals surface area (Å²) in [5.41, 5.74) is -0.406. The summed E-state index contributed by atoms with van der Waals surface area (Å²) in [7, 11) is 2.00. The van der Waals surface area contributed by atoms with E-state index in [-0.39, 0.29) is 12.5 Å². The molecule has 1 rings (SSSR count). The Hall–Kier alpha value is -1.37. The first-order valence-corrected chi connectivity index (χ1v) is 6.03. The van der Waals surface area contributed by atoms with Crippen LogP contribution < -0.4 is 0 Å². The van der Waals surface area contributed by atoms with Crippen LogP contribution in [-0.4, -0.2) is 52.9 Å². The van der Waals surface area contributed by atoms with Crippen molar-refractivity contribution in [1.82, 2.24) is 0 Å². The number of carbonyl (C=O) groups is 1. The number of piperidine rings is 1. The van der Waals surface area contributed by atoms with E-state index in [1.54, 1.807) is 0 Å². The Labute approximate surface area is 106 Å². The van der Waals surface area contributed by atoms with Crippen molar-refractivity contribution in [3.63, 3.8) is 0 Å². The molecule has 0 amide bonds.